The van der Waals surface area contributed by atoms with Crippen LogP contribution < -0.4 is 9.62 Å². The van der Waals surface area contributed by atoms with Gasteiger partial charge in [0.05, 0.1) is 10.6 Å². The van der Waals surface area contributed by atoms with Gasteiger partial charge in [-0.05, 0) is 62.7 Å². The van der Waals surface area contributed by atoms with Crippen molar-refractivity contribution >= 4 is 27.3 Å². The Kier molecular flexibility index (Phi) is 7.36. The Labute approximate surface area is 200 Å². The van der Waals surface area contributed by atoms with Gasteiger partial charge >= 0.3 is 0 Å². The van der Waals surface area contributed by atoms with Crippen molar-refractivity contribution < 1.29 is 8.42 Å². The number of sulfonamides is 1. The van der Waals surface area contributed by atoms with E-state index in [4.69, 9.17) is 11.6 Å². The molecule has 7 nitrogen and oxygen atoms in total. The zero-order valence-corrected chi connectivity index (χ0v) is 20.6. The molecule has 33 heavy (non-hydrogen) atoms. The van der Waals surface area contributed by atoms with E-state index in [9.17, 15) is 8.42 Å². The van der Waals surface area contributed by atoms with Crippen molar-refractivity contribution in [1.29, 1.82) is 0 Å². The fourth-order valence-corrected chi connectivity index (χ4v) is 6.02. The van der Waals surface area contributed by atoms with Crippen LogP contribution in [0.4, 0.5) is 5.69 Å². The molecule has 1 fully saturated rings. The van der Waals surface area contributed by atoms with Crippen LogP contribution >= 0.6 is 11.6 Å². The number of hydrogen-bond acceptors (Lipinski definition) is 5. The first kappa shape index (κ1) is 23.7. The van der Waals surface area contributed by atoms with Crippen LogP contribution in [0.2, 0.25) is 5.02 Å². The fourth-order valence-electron chi connectivity index (χ4n) is 4.31. The lowest BCUT2D eigenvalue weighted by molar-refractivity contribution is 0.436. The number of benzene rings is 2. The van der Waals surface area contributed by atoms with Crippen molar-refractivity contribution in [1.82, 2.24) is 20.1 Å². The predicted octanol–water partition coefficient (Wildman–Crippen LogP) is 4.60. The van der Waals surface area contributed by atoms with E-state index in [1.54, 1.807) is 42.5 Å². The van der Waals surface area contributed by atoms with Crippen LogP contribution in [0.15, 0.2) is 53.4 Å². The number of piperidine rings is 1. The van der Waals surface area contributed by atoms with Gasteiger partial charge in [-0.3, -0.25) is 4.31 Å². The third-order valence-corrected chi connectivity index (χ3v) is 8.19. The van der Waals surface area contributed by atoms with Crippen molar-refractivity contribution in [3.05, 3.63) is 59.4 Å². The summed E-state index contributed by atoms with van der Waals surface area (Å²) in [4.78, 5) is 0.260. The largest absolute Gasteiger partial charge is 0.317 e. The summed E-state index contributed by atoms with van der Waals surface area (Å²) < 4.78 is 30.8. The maximum absolute atomic E-state index is 13.7. The fraction of sp³-hybridized carbons (Fsp3) is 0.417. The van der Waals surface area contributed by atoms with Crippen molar-refractivity contribution in [2.75, 3.05) is 23.9 Å². The Hall–Kier alpha value is -2.42. The number of nitrogens with zero attached hydrogens (tertiary/aromatic N) is 4. The van der Waals surface area contributed by atoms with Gasteiger partial charge in [-0.25, -0.2) is 8.42 Å². The van der Waals surface area contributed by atoms with E-state index in [0.717, 1.165) is 44.6 Å². The van der Waals surface area contributed by atoms with E-state index in [2.05, 4.69) is 15.5 Å². The molecule has 0 aliphatic carbocycles. The number of halogens is 1. The molecule has 1 N–H and O–H groups in total. The molecule has 0 radical (unpaired) electrons. The third-order valence-electron chi connectivity index (χ3n) is 6.13. The van der Waals surface area contributed by atoms with Crippen LogP contribution in [-0.4, -0.2) is 42.8 Å². The van der Waals surface area contributed by atoms with E-state index in [1.807, 2.05) is 24.6 Å². The Bertz CT molecular complexity index is 1190. The van der Waals surface area contributed by atoms with Gasteiger partial charge in [0.25, 0.3) is 10.0 Å². The first-order valence-electron chi connectivity index (χ1n) is 11.4. The van der Waals surface area contributed by atoms with E-state index >= 15 is 0 Å². The van der Waals surface area contributed by atoms with Gasteiger partial charge in [-0.2, -0.15) is 0 Å². The molecule has 3 aromatic rings. The van der Waals surface area contributed by atoms with Gasteiger partial charge in [0.1, 0.15) is 5.82 Å². The zero-order valence-electron chi connectivity index (χ0n) is 19.0. The Morgan fingerprint density at radius 2 is 1.85 bits per heavy atom. The Morgan fingerprint density at radius 3 is 2.55 bits per heavy atom. The first-order chi connectivity index (χ1) is 15.9. The summed E-state index contributed by atoms with van der Waals surface area (Å²) in [6.07, 6.45) is 3.60. The van der Waals surface area contributed by atoms with Crippen LogP contribution in [0.1, 0.15) is 44.3 Å². The lowest BCUT2D eigenvalue weighted by Gasteiger charge is -2.27. The van der Waals surface area contributed by atoms with Gasteiger partial charge in [0.2, 0.25) is 0 Å². The van der Waals surface area contributed by atoms with E-state index in [-0.39, 0.29) is 4.90 Å². The van der Waals surface area contributed by atoms with Crippen molar-refractivity contribution in [3.8, 4) is 11.4 Å². The normalized spacial score (nSPS) is 15.0. The molecule has 1 aromatic heterocycles. The second kappa shape index (κ2) is 10.2. The summed E-state index contributed by atoms with van der Waals surface area (Å²) in [5.74, 6) is 1.86. The molecular weight excluding hydrogens is 458 g/mol. The number of aromatic nitrogens is 3. The monoisotopic (exact) mass is 487 g/mol. The van der Waals surface area contributed by atoms with Gasteiger partial charge in [-0.15, -0.1) is 10.2 Å². The van der Waals surface area contributed by atoms with E-state index < -0.39 is 10.0 Å². The maximum atomic E-state index is 13.7. The average Bonchev–Trinajstić information content (AvgIpc) is 3.22. The Morgan fingerprint density at radius 1 is 1.12 bits per heavy atom. The molecule has 0 saturated carbocycles. The quantitative estimate of drug-likeness (QED) is 0.502. The highest BCUT2D eigenvalue weighted by atomic mass is 35.5. The van der Waals surface area contributed by atoms with E-state index in [0.29, 0.717) is 34.6 Å². The van der Waals surface area contributed by atoms with E-state index in [1.165, 1.54) is 4.31 Å². The SMILES string of the molecule is CCCCN(c1ccc(Cl)cc1-c1nnc(C2CCNCC2)n1C)S(=O)(=O)c1ccccc1. The number of rotatable bonds is 8. The van der Waals surface area contributed by atoms with Gasteiger partial charge in [0.15, 0.2) is 5.82 Å². The predicted molar refractivity (Wildman–Crippen MR) is 132 cm³/mol. The summed E-state index contributed by atoms with van der Waals surface area (Å²) in [6, 6.07) is 13.8. The molecule has 0 bridgehead atoms. The van der Waals surface area contributed by atoms with Gasteiger partial charge in [0, 0.05) is 30.1 Å². The molecule has 0 amide bonds. The molecule has 0 spiro atoms. The number of hydrogen-bond donors (Lipinski definition) is 1. The van der Waals surface area contributed by atoms with Crippen LogP contribution in [0.5, 0.6) is 0 Å². The minimum absolute atomic E-state index is 0.260. The lowest BCUT2D eigenvalue weighted by Crippen LogP contribution is -2.32. The molecule has 0 atom stereocenters. The first-order valence-corrected chi connectivity index (χ1v) is 13.2. The molecule has 0 unspecified atom stereocenters. The highest BCUT2D eigenvalue weighted by Crippen LogP contribution is 2.37. The molecule has 1 aliphatic heterocycles. The number of unbranched alkanes of at least 4 members (excludes halogenated alkanes) is 1. The zero-order chi connectivity index (χ0) is 23.4. The number of nitrogens with one attached hydrogen (secondary N) is 1. The average molecular weight is 488 g/mol. The molecule has 176 valence electrons. The Balaban J connectivity index is 1.82. The molecule has 1 saturated heterocycles. The van der Waals surface area contributed by atoms with Gasteiger partial charge in [-0.1, -0.05) is 43.1 Å². The third kappa shape index (κ3) is 4.93. The standard InChI is InChI=1S/C24H30ClN5O2S/c1-3-4-16-30(33(31,32)20-8-6-5-7-9-20)22-11-10-19(25)17-21(22)24-28-27-23(29(24)2)18-12-14-26-15-13-18/h5-11,17-18,26H,3-4,12-16H2,1-2H3. The second-order valence-electron chi connectivity index (χ2n) is 8.37. The minimum atomic E-state index is -3.77. The van der Waals surface area contributed by atoms with Crippen molar-refractivity contribution in [2.24, 2.45) is 7.05 Å². The molecule has 1 aliphatic rings. The summed E-state index contributed by atoms with van der Waals surface area (Å²) in [5.41, 5.74) is 1.22. The topological polar surface area (TPSA) is 80.1 Å². The molecule has 2 heterocycles. The summed E-state index contributed by atoms with van der Waals surface area (Å²) in [6.45, 7) is 4.32. The molecule has 4 rings (SSSR count). The minimum Gasteiger partial charge on any atom is -0.317 e. The van der Waals surface area contributed by atoms with Crippen LogP contribution in [0, 0.1) is 0 Å². The smallest absolute Gasteiger partial charge is 0.264 e. The summed E-state index contributed by atoms with van der Waals surface area (Å²) in [7, 11) is -1.83. The maximum Gasteiger partial charge on any atom is 0.264 e. The molecular formula is C24H30ClN5O2S. The second-order valence-corrected chi connectivity index (χ2v) is 10.7. The van der Waals surface area contributed by atoms with Crippen LogP contribution in [0.3, 0.4) is 0 Å². The highest BCUT2D eigenvalue weighted by Gasteiger charge is 2.29. The lowest BCUT2D eigenvalue weighted by atomic mass is 9.97. The van der Waals surface area contributed by atoms with Crippen molar-refractivity contribution in [2.45, 2.75) is 43.4 Å². The number of anilines is 1. The molecule has 9 heteroatoms. The van der Waals surface area contributed by atoms with Crippen LogP contribution in [-0.2, 0) is 17.1 Å². The molecule has 2 aromatic carbocycles. The summed E-state index contributed by atoms with van der Waals surface area (Å²) >= 11 is 6.38. The van der Waals surface area contributed by atoms with Crippen LogP contribution in [0.25, 0.3) is 11.4 Å². The van der Waals surface area contributed by atoms with Crippen molar-refractivity contribution in [3.63, 3.8) is 0 Å². The summed E-state index contributed by atoms with van der Waals surface area (Å²) in [5, 5.41) is 12.9. The van der Waals surface area contributed by atoms with Gasteiger partial charge < -0.3 is 9.88 Å². The highest BCUT2D eigenvalue weighted by molar-refractivity contribution is 7.92.